The van der Waals surface area contributed by atoms with Crippen molar-refractivity contribution in [2.45, 2.75) is 38.4 Å². The van der Waals surface area contributed by atoms with Crippen LogP contribution in [0, 0.1) is 20.8 Å². The summed E-state index contributed by atoms with van der Waals surface area (Å²) in [5, 5.41) is 3.64. The third-order valence-electron chi connectivity index (χ3n) is 4.21. The van der Waals surface area contributed by atoms with Crippen molar-refractivity contribution < 1.29 is 4.79 Å². The Morgan fingerprint density at radius 1 is 1.42 bits per heavy atom. The predicted octanol–water partition coefficient (Wildman–Crippen LogP) is 3.61. The summed E-state index contributed by atoms with van der Waals surface area (Å²) in [6.07, 6.45) is 0.263. The fraction of sp³-hybridized carbons (Fsp3) is 0.353. The van der Waals surface area contributed by atoms with E-state index in [1.165, 1.54) is 11.8 Å². The Labute approximate surface area is 153 Å². The molecule has 1 aliphatic rings. The number of nitrogens with one attached hydrogen (secondary N) is 1. The maximum absolute atomic E-state index is 12.5. The van der Waals surface area contributed by atoms with Crippen LogP contribution in [0.15, 0.2) is 32.6 Å². The lowest BCUT2D eigenvalue weighted by atomic mass is 10.1. The molecule has 1 unspecified atom stereocenters. The summed E-state index contributed by atoms with van der Waals surface area (Å²) < 4.78 is 2.64. The summed E-state index contributed by atoms with van der Waals surface area (Å²) in [7, 11) is 0. The lowest BCUT2D eigenvalue weighted by Gasteiger charge is -2.15. The van der Waals surface area contributed by atoms with Gasteiger partial charge in [-0.2, -0.15) is 0 Å². The second-order valence-electron chi connectivity index (χ2n) is 5.96. The lowest BCUT2D eigenvalue weighted by Crippen LogP contribution is -2.29. The number of amides is 1. The fourth-order valence-electron chi connectivity index (χ4n) is 2.71. The number of nitrogens with zero attached hydrogens (tertiary/aromatic N) is 2. The molecule has 2 aromatic rings. The van der Waals surface area contributed by atoms with Crippen molar-refractivity contribution >= 4 is 39.3 Å². The zero-order valence-corrected chi connectivity index (χ0v) is 16.1. The normalized spacial score (nSPS) is 16.1. The summed E-state index contributed by atoms with van der Waals surface area (Å²) >= 11 is 4.94. The molecule has 0 fully saturated rings. The highest BCUT2D eigenvalue weighted by atomic mass is 79.9. The summed E-state index contributed by atoms with van der Waals surface area (Å²) in [5.41, 5.74) is 3.15. The maximum Gasteiger partial charge on any atom is 0.257 e. The molecule has 1 atom stereocenters. The molecular weight excluding hydrogens is 390 g/mol. The van der Waals surface area contributed by atoms with E-state index in [0.29, 0.717) is 16.5 Å². The van der Waals surface area contributed by atoms with Gasteiger partial charge >= 0.3 is 0 Å². The predicted molar refractivity (Wildman–Crippen MR) is 99.9 cm³/mol. The fourth-order valence-corrected chi connectivity index (χ4v) is 4.36. The SMILES string of the molecule is Cc1cc(Br)ccc1NC(=O)CC1CSc2nc(C)c(C)c(=O)n21. The first kappa shape index (κ1) is 17.2. The molecule has 0 radical (unpaired) electrons. The number of benzene rings is 1. The largest absolute Gasteiger partial charge is 0.326 e. The Balaban J connectivity index is 1.78. The lowest BCUT2D eigenvalue weighted by molar-refractivity contribution is -0.116. The van der Waals surface area contributed by atoms with Crippen LogP contribution in [0.1, 0.15) is 29.3 Å². The first-order valence-corrected chi connectivity index (χ1v) is 9.43. The second kappa shape index (κ2) is 6.72. The van der Waals surface area contributed by atoms with Crippen molar-refractivity contribution in [1.82, 2.24) is 9.55 Å². The zero-order chi connectivity index (χ0) is 17.4. The number of carbonyl (C=O) groups is 1. The number of aromatic nitrogens is 2. The minimum Gasteiger partial charge on any atom is -0.326 e. The van der Waals surface area contributed by atoms with E-state index < -0.39 is 0 Å². The number of hydrogen-bond donors (Lipinski definition) is 1. The average Bonchev–Trinajstić information content (AvgIpc) is 2.90. The van der Waals surface area contributed by atoms with E-state index in [4.69, 9.17) is 0 Å². The van der Waals surface area contributed by atoms with Crippen molar-refractivity contribution in [3.05, 3.63) is 49.8 Å². The van der Waals surface area contributed by atoms with Gasteiger partial charge in [-0.25, -0.2) is 4.98 Å². The van der Waals surface area contributed by atoms with Gasteiger partial charge in [0, 0.05) is 33.6 Å². The number of anilines is 1. The topological polar surface area (TPSA) is 64.0 Å². The summed E-state index contributed by atoms with van der Waals surface area (Å²) in [6.45, 7) is 5.57. The Kier molecular flexibility index (Phi) is 4.83. The zero-order valence-electron chi connectivity index (χ0n) is 13.7. The van der Waals surface area contributed by atoms with Gasteiger partial charge in [-0.1, -0.05) is 27.7 Å². The van der Waals surface area contributed by atoms with Crippen LogP contribution in [0.4, 0.5) is 5.69 Å². The van der Waals surface area contributed by atoms with Crippen molar-refractivity contribution in [2.75, 3.05) is 11.1 Å². The number of fused-ring (bicyclic) bond motifs is 1. The highest BCUT2D eigenvalue weighted by Gasteiger charge is 2.28. The number of thioether (sulfide) groups is 1. The van der Waals surface area contributed by atoms with E-state index >= 15 is 0 Å². The highest BCUT2D eigenvalue weighted by Crippen LogP contribution is 2.32. The highest BCUT2D eigenvalue weighted by molar-refractivity contribution is 9.10. The molecule has 7 heteroatoms. The third kappa shape index (κ3) is 3.28. The van der Waals surface area contributed by atoms with Gasteiger partial charge in [-0.05, 0) is 44.5 Å². The van der Waals surface area contributed by atoms with Crippen LogP contribution in [-0.4, -0.2) is 21.2 Å². The molecule has 1 N–H and O–H groups in total. The number of carbonyl (C=O) groups excluding carboxylic acids is 1. The van der Waals surface area contributed by atoms with Crippen LogP contribution in [0.3, 0.4) is 0 Å². The van der Waals surface area contributed by atoms with Gasteiger partial charge in [0.2, 0.25) is 5.91 Å². The summed E-state index contributed by atoms with van der Waals surface area (Å²) in [6, 6.07) is 5.57. The Bertz CT molecular complexity index is 879. The Morgan fingerprint density at radius 3 is 2.88 bits per heavy atom. The number of hydrogen-bond acceptors (Lipinski definition) is 4. The molecule has 1 amide bonds. The van der Waals surface area contributed by atoms with Crippen molar-refractivity contribution in [3.63, 3.8) is 0 Å². The quantitative estimate of drug-likeness (QED) is 0.789. The first-order valence-electron chi connectivity index (χ1n) is 7.65. The molecule has 1 aromatic carbocycles. The van der Waals surface area contributed by atoms with Gasteiger partial charge in [0.1, 0.15) is 0 Å². The molecule has 0 spiro atoms. The van der Waals surface area contributed by atoms with E-state index in [1.54, 1.807) is 11.5 Å². The van der Waals surface area contributed by atoms with E-state index in [1.807, 2.05) is 32.0 Å². The van der Waals surface area contributed by atoms with Crippen LogP contribution in [0.2, 0.25) is 0 Å². The van der Waals surface area contributed by atoms with Gasteiger partial charge in [-0.15, -0.1) is 0 Å². The molecule has 126 valence electrons. The minimum absolute atomic E-state index is 0.0416. The number of rotatable bonds is 3. The molecule has 1 aliphatic heterocycles. The first-order chi connectivity index (χ1) is 11.4. The summed E-state index contributed by atoms with van der Waals surface area (Å²) in [5.74, 6) is 0.599. The van der Waals surface area contributed by atoms with Gasteiger partial charge in [0.15, 0.2) is 5.16 Å². The van der Waals surface area contributed by atoms with Gasteiger partial charge in [0.25, 0.3) is 5.56 Å². The summed E-state index contributed by atoms with van der Waals surface area (Å²) in [4.78, 5) is 29.4. The van der Waals surface area contributed by atoms with E-state index in [0.717, 1.165) is 21.4 Å². The molecule has 0 saturated heterocycles. The van der Waals surface area contributed by atoms with Crippen LogP contribution < -0.4 is 10.9 Å². The maximum atomic E-state index is 12.5. The van der Waals surface area contributed by atoms with Crippen molar-refractivity contribution in [2.24, 2.45) is 0 Å². The molecule has 0 saturated carbocycles. The molecule has 0 aliphatic carbocycles. The van der Waals surface area contributed by atoms with E-state index in [9.17, 15) is 9.59 Å². The molecule has 3 rings (SSSR count). The van der Waals surface area contributed by atoms with Crippen molar-refractivity contribution in [3.8, 4) is 0 Å². The third-order valence-corrected chi connectivity index (χ3v) is 5.80. The molecule has 24 heavy (non-hydrogen) atoms. The van der Waals surface area contributed by atoms with Gasteiger partial charge < -0.3 is 5.32 Å². The Hall–Kier alpha value is -1.60. The van der Waals surface area contributed by atoms with E-state index in [-0.39, 0.29) is 23.9 Å². The molecule has 1 aromatic heterocycles. The Morgan fingerprint density at radius 2 is 2.17 bits per heavy atom. The monoisotopic (exact) mass is 407 g/mol. The molecule has 2 heterocycles. The average molecular weight is 408 g/mol. The van der Waals surface area contributed by atoms with E-state index in [2.05, 4.69) is 26.2 Å². The van der Waals surface area contributed by atoms with Gasteiger partial charge in [-0.3, -0.25) is 14.2 Å². The van der Waals surface area contributed by atoms with Crippen LogP contribution in [0.25, 0.3) is 0 Å². The molecular formula is C17H18BrN3O2S. The van der Waals surface area contributed by atoms with Crippen molar-refractivity contribution in [1.29, 1.82) is 0 Å². The van der Waals surface area contributed by atoms with Crippen LogP contribution >= 0.6 is 27.7 Å². The number of halogens is 1. The smallest absolute Gasteiger partial charge is 0.257 e. The second-order valence-corrected chi connectivity index (χ2v) is 7.86. The molecule has 0 bridgehead atoms. The minimum atomic E-state index is -0.153. The van der Waals surface area contributed by atoms with Gasteiger partial charge in [0.05, 0.1) is 6.04 Å². The van der Waals surface area contributed by atoms with Crippen LogP contribution in [-0.2, 0) is 4.79 Å². The standard InChI is InChI=1S/C17H18BrN3O2S/c1-9-6-12(18)4-5-14(9)20-15(22)7-13-8-24-17-19-11(3)10(2)16(23)21(13)17/h4-6,13H,7-8H2,1-3H3,(H,20,22). The molecule has 5 nitrogen and oxygen atoms in total. The van der Waals surface area contributed by atoms with Crippen LogP contribution in [0.5, 0.6) is 0 Å². The number of aryl methyl sites for hydroxylation is 2.